The SMILES string of the molecule is C=C/C=C(\C=C/CC#N)C(C)c1ccc(C(F)(F)F)cc1. The summed E-state index contributed by atoms with van der Waals surface area (Å²) in [6.45, 7) is 5.52. The largest absolute Gasteiger partial charge is 0.416 e. The van der Waals surface area contributed by atoms with Gasteiger partial charge in [0.1, 0.15) is 0 Å². The molecule has 0 aliphatic rings. The molecule has 1 rings (SSSR count). The highest BCUT2D eigenvalue weighted by atomic mass is 19.4. The Balaban J connectivity index is 3.00. The fourth-order valence-electron chi connectivity index (χ4n) is 1.88. The van der Waals surface area contributed by atoms with E-state index in [4.69, 9.17) is 5.26 Å². The third kappa shape index (κ3) is 4.96. The lowest BCUT2D eigenvalue weighted by atomic mass is 9.91. The number of benzene rings is 1. The van der Waals surface area contributed by atoms with Crippen molar-refractivity contribution in [2.75, 3.05) is 0 Å². The lowest BCUT2D eigenvalue weighted by Crippen LogP contribution is -2.05. The van der Waals surface area contributed by atoms with E-state index in [2.05, 4.69) is 6.58 Å². The fourth-order valence-corrected chi connectivity index (χ4v) is 1.88. The van der Waals surface area contributed by atoms with Crippen LogP contribution in [0.15, 0.2) is 60.7 Å². The Kier molecular flexibility index (Phi) is 5.98. The quantitative estimate of drug-likeness (QED) is 0.667. The van der Waals surface area contributed by atoms with Crippen molar-refractivity contribution in [1.29, 1.82) is 5.26 Å². The van der Waals surface area contributed by atoms with Crippen LogP contribution < -0.4 is 0 Å². The summed E-state index contributed by atoms with van der Waals surface area (Å²) in [5.41, 5.74) is 1.01. The summed E-state index contributed by atoms with van der Waals surface area (Å²) < 4.78 is 37.6. The molecular formula is C17H16F3N. The van der Waals surface area contributed by atoms with Gasteiger partial charge in [-0.2, -0.15) is 18.4 Å². The van der Waals surface area contributed by atoms with Gasteiger partial charge in [0.05, 0.1) is 18.1 Å². The zero-order valence-corrected chi connectivity index (χ0v) is 11.7. The maximum Gasteiger partial charge on any atom is 0.416 e. The fraction of sp³-hybridized carbons (Fsp3) is 0.235. The van der Waals surface area contributed by atoms with E-state index in [1.54, 1.807) is 24.3 Å². The van der Waals surface area contributed by atoms with Gasteiger partial charge < -0.3 is 0 Å². The summed E-state index contributed by atoms with van der Waals surface area (Å²) in [5, 5.41) is 8.52. The second-order valence-electron chi connectivity index (χ2n) is 4.51. The Morgan fingerprint density at radius 3 is 2.43 bits per heavy atom. The van der Waals surface area contributed by atoms with E-state index in [0.717, 1.165) is 23.3 Å². The molecule has 0 aliphatic heterocycles. The molecule has 0 radical (unpaired) electrons. The van der Waals surface area contributed by atoms with Crippen molar-refractivity contribution in [2.24, 2.45) is 0 Å². The highest BCUT2D eigenvalue weighted by Crippen LogP contribution is 2.31. The molecule has 0 spiro atoms. The molecule has 1 nitrogen and oxygen atoms in total. The van der Waals surface area contributed by atoms with Gasteiger partial charge in [-0.15, -0.1) is 0 Å². The number of hydrogen-bond acceptors (Lipinski definition) is 1. The molecule has 1 unspecified atom stereocenters. The summed E-state index contributed by atoms with van der Waals surface area (Å²) in [4.78, 5) is 0. The van der Waals surface area contributed by atoms with E-state index in [1.807, 2.05) is 13.0 Å². The normalized spacial score (nSPS) is 14.0. The van der Waals surface area contributed by atoms with Gasteiger partial charge in [-0.1, -0.05) is 49.9 Å². The smallest absolute Gasteiger partial charge is 0.198 e. The molecule has 0 heterocycles. The standard InChI is InChI=1S/C17H16F3N/c1-3-6-14(7-4-5-12-21)13(2)15-8-10-16(11-9-15)17(18,19)20/h3-4,6-11,13H,1,5H2,2H3/b7-4-,14-6+. The summed E-state index contributed by atoms with van der Waals surface area (Å²) in [7, 11) is 0. The second kappa shape index (κ2) is 7.49. The van der Waals surface area contributed by atoms with Crippen LogP contribution in [0.2, 0.25) is 0 Å². The third-order valence-electron chi connectivity index (χ3n) is 3.07. The molecule has 0 amide bonds. The number of alkyl halides is 3. The summed E-state index contributed by atoms with van der Waals surface area (Å²) in [5.74, 6) is -0.0831. The number of halogens is 3. The van der Waals surface area contributed by atoms with Crippen LogP contribution in [0.25, 0.3) is 0 Å². The predicted octanol–water partition coefficient (Wildman–Crippen LogP) is 5.39. The minimum absolute atomic E-state index is 0.0831. The van der Waals surface area contributed by atoms with Gasteiger partial charge in [-0.05, 0) is 23.3 Å². The van der Waals surface area contributed by atoms with Gasteiger partial charge in [0.15, 0.2) is 0 Å². The van der Waals surface area contributed by atoms with Gasteiger partial charge in [-0.25, -0.2) is 0 Å². The average Bonchev–Trinajstić information content (AvgIpc) is 2.45. The molecule has 0 bridgehead atoms. The van der Waals surface area contributed by atoms with E-state index in [1.165, 1.54) is 12.1 Å². The van der Waals surface area contributed by atoms with Crippen molar-refractivity contribution in [3.63, 3.8) is 0 Å². The number of allylic oxidation sites excluding steroid dienone is 5. The predicted molar refractivity (Wildman–Crippen MR) is 77.5 cm³/mol. The first-order valence-corrected chi connectivity index (χ1v) is 6.43. The molecule has 4 heteroatoms. The Morgan fingerprint density at radius 2 is 1.95 bits per heavy atom. The minimum atomic E-state index is -4.33. The Hall–Kier alpha value is -2.28. The number of nitriles is 1. The maximum atomic E-state index is 12.5. The van der Waals surface area contributed by atoms with Crippen molar-refractivity contribution in [3.8, 4) is 6.07 Å². The first-order valence-electron chi connectivity index (χ1n) is 6.43. The molecule has 21 heavy (non-hydrogen) atoms. The van der Waals surface area contributed by atoms with Crippen molar-refractivity contribution >= 4 is 0 Å². The first-order chi connectivity index (χ1) is 9.90. The van der Waals surface area contributed by atoms with Crippen molar-refractivity contribution in [3.05, 3.63) is 71.8 Å². The van der Waals surface area contributed by atoms with Crippen LogP contribution in [0, 0.1) is 11.3 Å². The van der Waals surface area contributed by atoms with Crippen LogP contribution in [-0.4, -0.2) is 0 Å². The van der Waals surface area contributed by atoms with Crippen molar-refractivity contribution in [1.82, 2.24) is 0 Å². The molecule has 0 aromatic heterocycles. The molecular weight excluding hydrogens is 275 g/mol. The van der Waals surface area contributed by atoms with Crippen molar-refractivity contribution in [2.45, 2.75) is 25.4 Å². The van der Waals surface area contributed by atoms with Gasteiger partial charge in [-0.3, -0.25) is 0 Å². The molecule has 0 aliphatic carbocycles. The Bertz CT molecular complexity index is 572. The van der Waals surface area contributed by atoms with E-state index >= 15 is 0 Å². The molecule has 1 atom stereocenters. The lowest BCUT2D eigenvalue weighted by Gasteiger charge is -2.15. The number of rotatable bonds is 5. The van der Waals surface area contributed by atoms with Gasteiger partial charge in [0.2, 0.25) is 0 Å². The molecule has 0 saturated carbocycles. The zero-order chi connectivity index (χ0) is 15.9. The third-order valence-corrected chi connectivity index (χ3v) is 3.07. The van der Waals surface area contributed by atoms with E-state index in [9.17, 15) is 13.2 Å². The number of hydrogen-bond donors (Lipinski definition) is 0. The molecule has 0 saturated heterocycles. The molecule has 1 aromatic carbocycles. The highest BCUT2D eigenvalue weighted by Gasteiger charge is 2.30. The van der Waals surface area contributed by atoms with Crippen LogP contribution in [0.5, 0.6) is 0 Å². The molecule has 110 valence electrons. The lowest BCUT2D eigenvalue weighted by molar-refractivity contribution is -0.137. The Morgan fingerprint density at radius 1 is 1.33 bits per heavy atom. The monoisotopic (exact) mass is 291 g/mol. The second-order valence-corrected chi connectivity index (χ2v) is 4.51. The van der Waals surface area contributed by atoms with E-state index in [0.29, 0.717) is 0 Å². The van der Waals surface area contributed by atoms with E-state index in [-0.39, 0.29) is 12.3 Å². The zero-order valence-electron chi connectivity index (χ0n) is 11.7. The summed E-state index contributed by atoms with van der Waals surface area (Å²) >= 11 is 0. The van der Waals surface area contributed by atoms with Crippen LogP contribution in [-0.2, 0) is 6.18 Å². The molecule has 1 aromatic rings. The van der Waals surface area contributed by atoms with Crippen LogP contribution in [0.1, 0.15) is 30.4 Å². The van der Waals surface area contributed by atoms with Crippen molar-refractivity contribution < 1.29 is 13.2 Å². The number of nitrogens with zero attached hydrogens (tertiary/aromatic N) is 1. The molecule has 0 fully saturated rings. The van der Waals surface area contributed by atoms with Crippen LogP contribution in [0.3, 0.4) is 0 Å². The van der Waals surface area contributed by atoms with Crippen LogP contribution in [0.4, 0.5) is 13.2 Å². The van der Waals surface area contributed by atoms with Gasteiger partial charge >= 0.3 is 6.18 Å². The topological polar surface area (TPSA) is 23.8 Å². The van der Waals surface area contributed by atoms with Crippen LogP contribution >= 0.6 is 0 Å². The summed E-state index contributed by atoms with van der Waals surface area (Å²) in [6, 6.07) is 7.11. The Labute approximate surface area is 122 Å². The summed E-state index contributed by atoms with van der Waals surface area (Å²) in [6.07, 6.45) is 2.88. The first kappa shape index (κ1) is 16.8. The maximum absolute atomic E-state index is 12.5. The van der Waals surface area contributed by atoms with E-state index < -0.39 is 11.7 Å². The molecule has 0 N–H and O–H groups in total. The average molecular weight is 291 g/mol. The van der Waals surface area contributed by atoms with Gasteiger partial charge in [0.25, 0.3) is 0 Å². The minimum Gasteiger partial charge on any atom is -0.198 e. The van der Waals surface area contributed by atoms with Gasteiger partial charge in [0, 0.05) is 5.92 Å². The highest BCUT2D eigenvalue weighted by molar-refractivity contribution is 5.37.